The van der Waals surface area contributed by atoms with Gasteiger partial charge in [0.2, 0.25) is 0 Å². The number of nitriles is 1. The molecular formula is C12H8Br2N2S. The summed E-state index contributed by atoms with van der Waals surface area (Å²) in [5.41, 5.74) is 1.49. The van der Waals surface area contributed by atoms with Crippen LogP contribution in [0.3, 0.4) is 0 Å². The predicted molar refractivity (Wildman–Crippen MR) is 78.2 cm³/mol. The largest absolute Gasteiger partial charge is 0.379 e. The van der Waals surface area contributed by atoms with Crippen LogP contribution in [0.25, 0.3) is 0 Å². The van der Waals surface area contributed by atoms with Crippen LogP contribution in [0.15, 0.2) is 38.6 Å². The summed E-state index contributed by atoms with van der Waals surface area (Å²) in [5.74, 6) is 0. The van der Waals surface area contributed by atoms with Crippen molar-refractivity contribution in [3.8, 4) is 6.07 Å². The Morgan fingerprint density at radius 3 is 2.71 bits per heavy atom. The van der Waals surface area contributed by atoms with Gasteiger partial charge in [-0.1, -0.05) is 6.07 Å². The van der Waals surface area contributed by atoms with E-state index in [1.54, 1.807) is 11.3 Å². The van der Waals surface area contributed by atoms with Crippen LogP contribution < -0.4 is 5.32 Å². The fraction of sp³-hybridized carbons (Fsp3) is 0.0833. The third-order valence-electron chi connectivity index (χ3n) is 2.26. The van der Waals surface area contributed by atoms with Crippen molar-refractivity contribution >= 4 is 48.9 Å². The van der Waals surface area contributed by atoms with E-state index in [1.807, 2.05) is 29.6 Å². The number of anilines is 1. The Morgan fingerprint density at radius 1 is 1.24 bits per heavy atom. The molecule has 0 aliphatic heterocycles. The average Bonchev–Trinajstić information content (AvgIpc) is 2.72. The molecule has 5 heteroatoms. The molecule has 0 saturated carbocycles. The first-order valence-corrected chi connectivity index (χ1v) is 7.33. The van der Waals surface area contributed by atoms with Gasteiger partial charge in [-0.2, -0.15) is 5.26 Å². The Balaban J connectivity index is 2.18. The molecule has 0 aliphatic carbocycles. The van der Waals surface area contributed by atoms with E-state index < -0.39 is 0 Å². The molecule has 2 nitrogen and oxygen atoms in total. The van der Waals surface area contributed by atoms with Crippen LogP contribution in [0, 0.1) is 11.3 Å². The van der Waals surface area contributed by atoms with Crippen molar-refractivity contribution in [1.82, 2.24) is 0 Å². The summed E-state index contributed by atoms with van der Waals surface area (Å²) in [6, 6.07) is 9.90. The van der Waals surface area contributed by atoms with Gasteiger partial charge in [0, 0.05) is 13.8 Å². The third-order valence-corrected chi connectivity index (χ3v) is 4.84. The number of thiophene rings is 1. The number of halogens is 2. The van der Waals surface area contributed by atoms with E-state index in [0.29, 0.717) is 12.1 Å². The zero-order valence-electron chi connectivity index (χ0n) is 8.71. The number of hydrogen-bond donors (Lipinski definition) is 1. The molecule has 17 heavy (non-hydrogen) atoms. The fourth-order valence-electron chi connectivity index (χ4n) is 1.41. The quantitative estimate of drug-likeness (QED) is 0.844. The molecule has 0 amide bonds. The molecule has 0 unspecified atom stereocenters. The number of hydrogen-bond acceptors (Lipinski definition) is 3. The molecule has 0 spiro atoms. The first-order chi connectivity index (χ1) is 8.22. The van der Waals surface area contributed by atoms with Gasteiger partial charge in [-0.15, -0.1) is 11.3 Å². The van der Waals surface area contributed by atoms with Crippen molar-refractivity contribution in [2.45, 2.75) is 6.54 Å². The highest BCUT2D eigenvalue weighted by atomic mass is 79.9. The van der Waals surface area contributed by atoms with E-state index in [9.17, 15) is 0 Å². The summed E-state index contributed by atoms with van der Waals surface area (Å²) in [5, 5.41) is 14.4. The van der Waals surface area contributed by atoms with Gasteiger partial charge in [-0.25, -0.2) is 0 Å². The van der Waals surface area contributed by atoms with Crippen LogP contribution in [0.4, 0.5) is 5.69 Å². The van der Waals surface area contributed by atoms with E-state index in [2.05, 4.69) is 43.2 Å². The highest BCUT2D eigenvalue weighted by molar-refractivity contribution is 9.10. The molecule has 0 aliphatic rings. The molecule has 0 radical (unpaired) electrons. The van der Waals surface area contributed by atoms with Gasteiger partial charge >= 0.3 is 0 Å². The van der Waals surface area contributed by atoms with Gasteiger partial charge in [-0.3, -0.25) is 0 Å². The Kier molecular flexibility index (Phi) is 4.21. The summed E-state index contributed by atoms with van der Waals surface area (Å²) in [4.78, 5) is 1.22. The minimum atomic E-state index is 0.639. The van der Waals surface area contributed by atoms with Crippen molar-refractivity contribution in [1.29, 1.82) is 5.26 Å². The lowest BCUT2D eigenvalue weighted by molar-refractivity contribution is 1.18. The molecule has 2 aromatic rings. The Bertz CT molecular complexity index is 572. The van der Waals surface area contributed by atoms with Crippen LogP contribution in [0.5, 0.6) is 0 Å². The fourth-order valence-corrected chi connectivity index (χ4v) is 3.30. The normalized spacial score (nSPS) is 9.94. The summed E-state index contributed by atoms with van der Waals surface area (Å²) in [6.45, 7) is 0.712. The average molecular weight is 372 g/mol. The molecule has 1 N–H and O–H groups in total. The SMILES string of the molecule is N#Cc1c(Br)cccc1NCc1sccc1Br. The molecule has 1 aromatic heterocycles. The topological polar surface area (TPSA) is 35.8 Å². The first-order valence-electron chi connectivity index (χ1n) is 4.86. The second-order valence-electron chi connectivity index (χ2n) is 3.32. The van der Waals surface area contributed by atoms with Crippen LogP contribution in [0.2, 0.25) is 0 Å². The Labute approximate surface area is 121 Å². The van der Waals surface area contributed by atoms with Crippen molar-refractivity contribution in [3.63, 3.8) is 0 Å². The zero-order valence-corrected chi connectivity index (χ0v) is 12.7. The lowest BCUT2D eigenvalue weighted by atomic mass is 10.2. The number of nitrogens with one attached hydrogen (secondary N) is 1. The standard InChI is InChI=1S/C12H8Br2N2S/c13-9-2-1-3-11(8(9)6-15)16-7-12-10(14)4-5-17-12/h1-5,16H,7H2. The summed E-state index contributed by atoms with van der Waals surface area (Å²) < 4.78 is 1.92. The van der Waals surface area contributed by atoms with Crippen molar-refractivity contribution in [3.05, 3.63) is 49.0 Å². The van der Waals surface area contributed by atoms with Crippen molar-refractivity contribution in [2.24, 2.45) is 0 Å². The molecule has 1 aromatic carbocycles. The zero-order chi connectivity index (χ0) is 12.3. The van der Waals surface area contributed by atoms with Crippen molar-refractivity contribution < 1.29 is 0 Å². The minimum Gasteiger partial charge on any atom is -0.379 e. The van der Waals surface area contributed by atoms with Gasteiger partial charge in [0.25, 0.3) is 0 Å². The van der Waals surface area contributed by atoms with E-state index in [1.165, 1.54) is 4.88 Å². The van der Waals surface area contributed by atoms with Crippen molar-refractivity contribution in [2.75, 3.05) is 5.32 Å². The smallest absolute Gasteiger partial charge is 0.103 e. The maximum Gasteiger partial charge on any atom is 0.103 e. The second kappa shape index (κ2) is 5.67. The lowest BCUT2D eigenvalue weighted by Crippen LogP contribution is -2.00. The van der Waals surface area contributed by atoms with Gasteiger partial charge in [0.05, 0.1) is 17.8 Å². The molecule has 2 rings (SSSR count). The van der Waals surface area contributed by atoms with E-state index in [-0.39, 0.29) is 0 Å². The van der Waals surface area contributed by atoms with Crippen LogP contribution in [0.1, 0.15) is 10.4 Å². The van der Waals surface area contributed by atoms with Gasteiger partial charge < -0.3 is 5.32 Å². The van der Waals surface area contributed by atoms with Gasteiger partial charge in [-0.05, 0) is 55.4 Å². The number of nitrogens with zero attached hydrogens (tertiary/aromatic N) is 1. The first kappa shape index (κ1) is 12.6. The van der Waals surface area contributed by atoms with Crippen LogP contribution in [-0.4, -0.2) is 0 Å². The molecule has 0 fully saturated rings. The lowest BCUT2D eigenvalue weighted by Gasteiger charge is -2.08. The number of rotatable bonds is 3. The summed E-state index contributed by atoms with van der Waals surface area (Å²) in [7, 11) is 0. The second-order valence-corrected chi connectivity index (χ2v) is 6.03. The van der Waals surface area contributed by atoms with E-state index in [4.69, 9.17) is 5.26 Å². The molecule has 0 saturated heterocycles. The monoisotopic (exact) mass is 370 g/mol. The molecule has 0 atom stereocenters. The molecule has 86 valence electrons. The molecular weight excluding hydrogens is 364 g/mol. The summed E-state index contributed by atoms with van der Waals surface area (Å²) in [6.07, 6.45) is 0. The van der Waals surface area contributed by atoms with Crippen LogP contribution in [-0.2, 0) is 6.54 Å². The maximum atomic E-state index is 9.08. The van der Waals surface area contributed by atoms with Crippen LogP contribution >= 0.6 is 43.2 Å². The molecule has 1 heterocycles. The third kappa shape index (κ3) is 2.89. The van der Waals surface area contributed by atoms with E-state index in [0.717, 1.165) is 14.6 Å². The highest BCUT2D eigenvalue weighted by Crippen LogP contribution is 2.27. The van der Waals surface area contributed by atoms with Gasteiger partial charge in [0.1, 0.15) is 6.07 Å². The van der Waals surface area contributed by atoms with E-state index >= 15 is 0 Å². The Morgan fingerprint density at radius 2 is 2.06 bits per heavy atom. The van der Waals surface area contributed by atoms with Gasteiger partial charge in [0.15, 0.2) is 0 Å². The minimum absolute atomic E-state index is 0.639. The number of benzene rings is 1. The molecule has 0 bridgehead atoms. The predicted octanol–water partition coefficient (Wildman–Crippen LogP) is 4.76. The Hall–Kier alpha value is -0.830. The highest BCUT2D eigenvalue weighted by Gasteiger charge is 2.06. The summed E-state index contributed by atoms with van der Waals surface area (Å²) >= 11 is 8.54. The maximum absolute atomic E-state index is 9.08.